The summed E-state index contributed by atoms with van der Waals surface area (Å²) in [6, 6.07) is 5.37. The van der Waals surface area contributed by atoms with Crippen LogP contribution in [-0.4, -0.2) is 76.5 Å². The van der Waals surface area contributed by atoms with E-state index in [4.69, 9.17) is 4.74 Å². The van der Waals surface area contributed by atoms with Gasteiger partial charge in [-0.15, -0.1) is 0 Å². The molecular formula is C27H33N9O3. The first-order valence-electron chi connectivity index (χ1n) is 12.3. The number of fused-ring (bicyclic) bond motifs is 1. The first-order chi connectivity index (χ1) is 18.6. The molecule has 0 spiro atoms. The summed E-state index contributed by atoms with van der Waals surface area (Å²) in [4.78, 5) is 38.5. The van der Waals surface area contributed by atoms with E-state index in [0.717, 1.165) is 24.3 Å². The predicted octanol–water partition coefficient (Wildman–Crippen LogP) is 2.60. The second-order valence-electron chi connectivity index (χ2n) is 9.41. The van der Waals surface area contributed by atoms with Crippen molar-refractivity contribution in [3.8, 4) is 16.9 Å². The molecule has 0 unspecified atom stereocenters. The number of amides is 1. The summed E-state index contributed by atoms with van der Waals surface area (Å²) < 4.78 is 8.80. The average Bonchev–Trinajstić information content (AvgIpc) is 3.35. The van der Waals surface area contributed by atoms with Gasteiger partial charge in [0, 0.05) is 63.6 Å². The predicted molar refractivity (Wildman–Crippen MR) is 154 cm³/mol. The van der Waals surface area contributed by atoms with Crippen LogP contribution in [0.2, 0.25) is 0 Å². The lowest BCUT2D eigenvalue weighted by molar-refractivity contribution is -0.111. The van der Waals surface area contributed by atoms with Crippen molar-refractivity contribution in [1.82, 2.24) is 29.2 Å². The van der Waals surface area contributed by atoms with Crippen molar-refractivity contribution in [2.24, 2.45) is 14.1 Å². The molecule has 1 amide bonds. The van der Waals surface area contributed by atoms with E-state index in [2.05, 4.69) is 37.2 Å². The number of carbonyl (C=O) groups is 1. The van der Waals surface area contributed by atoms with E-state index in [1.165, 1.54) is 10.6 Å². The monoisotopic (exact) mass is 531 g/mol. The molecule has 12 nitrogen and oxygen atoms in total. The minimum absolute atomic E-state index is 0.197. The Balaban J connectivity index is 1.73. The summed E-state index contributed by atoms with van der Waals surface area (Å²) in [5, 5.41) is 10.9. The fourth-order valence-electron chi connectivity index (χ4n) is 4.10. The molecular weight excluding hydrogens is 498 g/mol. The summed E-state index contributed by atoms with van der Waals surface area (Å²) in [5.74, 6) is 0.456. The molecule has 0 radical (unpaired) electrons. The van der Waals surface area contributed by atoms with E-state index in [1.54, 1.807) is 56.6 Å². The van der Waals surface area contributed by atoms with Gasteiger partial charge in [-0.05, 0) is 32.3 Å². The number of hydrogen-bond donors (Lipinski definition) is 2. The zero-order chi connectivity index (χ0) is 28.3. The van der Waals surface area contributed by atoms with Crippen molar-refractivity contribution in [2.75, 3.05) is 56.9 Å². The Hall–Kier alpha value is -4.71. The van der Waals surface area contributed by atoms with Crippen LogP contribution in [0.3, 0.4) is 0 Å². The van der Waals surface area contributed by atoms with Gasteiger partial charge in [0.15, 0.2) is 0 Å². The summed E-state index contributed by atoms with van der Waals surface area (Å²) in [7, 11) is 11.0. The number of aryl methyl sites for hydroxylation is 2. The number of pyridine rings is 1. The van der Waals surface area contributed by atoms with Crippen LogP contribution < -0.4 is 25.8 Å². The molecule has 0 saturated heterocycles. The van der Waals surface area contributed by atoms with Crippen LogP contribution in [0.15, 0.2) is 54.2 Å². The largest absolute Gasteiger partial charge is 0.494 e. The number of nitrogens with zero attached hydrogens (tertiary/aromatic N) is 7. The van der Waals surface area contributed by atoms with Crippen molar-refractivity contribution in [2.45, 2.75) is 0 Å². The minimum atomic E-state index is -0.338. The standard InChI is InChI=1S/C27H33N9O3/c1-8-24(37)30-20-12-21(23(39-7)13-22(20)34(4)10-9-33(2)3)31-27-28-14-17-11-19(18-15-29-35(5)16-18)26(38)36(6)25(17)32-27/h8,11-16H,1,9-10H2,2-7H3,(H,30,37)(H,28,31,32). The molecule has 0 atom stereocenters. The second kappa shape index (κ2) is 11.4. The van der Waals surface area contributed by atoms with Crippen molar-refractivity contribution in [1.29, 1.82) is 0 Å². The van der Waals surface area contributed by atoms with Crippen LogP contribution >= 0.6 is 0 Å². The van der Waals surface area contributed by atoms with Gasteiger partial charge in [-0.1, -0.05) is 6.58 Å². The van der Waals surface area contributed by atoms with E-state index in [1.807, 2.05) is 32.1 Å². The Morgan fingerprint density at radius 3 is 2.54 bits per heavy atom. The molecule has 0 fully saturated rings. The number of hydrogen-bond acceptors (Lipinski definition) is 9. The fourth-order valence-corrected chi connectivity index (χ4v) is 4.10. The van der Waals surface area contributed by atoms with Crippen LogP contribution in [0.1, 0.15) is 0 Å². The lowest BCUT2D eigenvalue weighted by Gasteiger charge is -2.26. The number of benzene rings is 1. The maximum absolute atomic E-state index is 13.1. The van der Waals surface area contributed by atoms with E-state index in [0.29, 0.717) is 33.7 Å². The second-order valence-corrected chi connectivity index (χ2v) is 9.41. The number of aromatic nitrogens is 5. The zero-order valence-corrected chi connectivity index (χ0v) is 23.0. The fraction of sp³-hybridized carbons (Fsp3) is 0.296. The number of rotatable bonds is 10. The zero-order valence-electron chi connectivity index (χ0n) is 23.0. The SMILES string of the molecule is C=CC(=O)Nc1cc(Nc2ncc3cc(-c4cnn(C)c4)c(=O)n(C)c3n2)c(OC)cc1N(C)CCN(C)C. The number of nitrogens with one attached hydrogen (secondary N) is 2. The van der Waals surface area contributed by atoms with Gasteiger partial charge in [0.2, 0.25) is 11.9 Å². The van der Waals surface area contributed by atoms with Gasteiger partial charge in [0.1, 0.15) is 11.4 Å². The third-order valence-electron chi connectivity index (χ3n) is 6.27. The van der Waals surface area contributed by atoms with Gasteiger partial charge in [0.05, 0.1) is 35.9 Å². The first kappa shape index (κ1) is 27.3. The average molecular weight is 532 g/mol. The van der Waals surface area contributed by atoms with Crippen molar-refractivity contribution < 1.29 is 9.53 Å². The van der Waals surface area contributed by atoms with Gasteiger partial charge in [-0.2, -0.15) is 10.1 Å². The van der Waals surface area contributed by atoms with Crippen molar-refractivity contribution in [3.05, 3.63) is 59.8 Å². The van der Waals surface area contributed by atoms with Gasteiger partial charge < -0.3 is 25.2 Å². The lowest BCUT2D eigenvalue weighted by Crippen LogP contribution is -2.29. The third kappa shape index (κ3) is 5.91. The lowest BCUT2D eigenvalue weighted by atomic mass is 10.1. The number of methoxy groups -OCH3 is 1. The van der Waals surface area contributed by atoms with Crippen molar-refractivity contribution >= 4 is 40.0 Å². The highest BCUT2D eigenvalue weighted by molar-refractivity contribution is 6.02. The molecule has 1 aromatic carbocycles. The Morgan fingerprint density at radius 1 is 1.13 bits per heavy atom. The minimum Gasteiger partial charge on any atom is -0.494 e. The molecule has 0 bridgehead atoms. The third-order valence-corrected chi connectivity index (χ3v) is 6.27. The number of likely N-dealkylation sites (N-methyl/N-ethyl adjacent to an activating group) is 2. The summed E-state index contributed by atoms with van der Waals surface area (Å²) in [6.45, 7) is 5.10. The van der Waals surface area contributed by atoms with E-state index in [9.17, 15) is 9.59 Å². The molecule has 12 heteroatoms. The maximum Gasteiger partial charge on any atom is 0.259 e. The molecule has 0 saturated carbocycles. The van der Waals surface area contributed by atoms with Gasteiger partial charge in [0.25, 0.3) is 5.56 Å². The molecule has 39 heavy (non-hydrogen) atoms. The highest BCUT2D eigenvalue weighted by Crippen LogP contribution is 2.38. The maximum atomic E-state index is 13.1. The molecule has 3 aromatic heterocycles. The molecule has 0 aliphatic carbocycles. The van der Waals surface area contributed by atoms with Crippen LogP contribution in [-0.2, 0) is 18.9 Å². The number of anilines is 4. The van der Waals surface area contributed by atoms with E-state index >= 15 is 0 Å². The van der Waals surface area contributed by atoms with Crippen LogP contribution in [0.5, 0.6) is 5.75 Å². The molecule has 4 aromatic rings. The normalized spacial score (nSPS) is 11.1. The molecule has 0 aliphatic rings. The van der Waals surface area contributed by atoms with Crippen LogP contribution in [0.4, 0.5) is 23.0 Å². The van der Waals surface area contributed by atoms with Crippen molar-refractivity contribution in [3.63, 3.8) is 0 Å². The topological polar surface area (TPSA) is 122 Å². The Labute approximate surface area is 226 Å². The number of ether oxygens (including phenoxy) is 1. The Kier molecular flexibility index (Phi) is 7.96. The highest BCUT2D eigenvalue weighted by Gasteiger charge is 2.17. The van der Waals surface area contributed by atoms with Gasteiger partial charge in [-0.3, -0.25) is 18.8 Å². The molecule has 204 valence electrons. The van der Waals surface area contributed by atoms with Gasteiger partial charge >= 0.3 is 0 Å². The van der Waals surface area contributed by atoms with Gasteiger partial charge in [-0.25, -0.2) is 4.98 Å². The van der Waals surface area contributed by atoms with Crippen LogP contribution in [0, 0.1) is 0 Å². The molecule has 2 N–H and O–H groups in total. The van der Waals surface area contributed by atoms with E-state index in [-0.39, 0.29) is 17.4 Å². The summed E-state index contributed by atoms with van der Waals surface area (Å²) >= 11 is 0. The quantitative estimate of drug-likeness (QED) is 0.297. The first-order valence-corrected chi connectivity index (χ1v) is 12.3. The Bertz CT molecular complexity index is 1590. The highest BCUT2D eigenvalue weighted by atomic mass is 16.5. The Morgan fingerprint density at radius 2 is 1.90 bits per heavy atom. The molecule has 0 aliphatic heterocycles. The van der Waals surface area contributed by atoms with E-state index < -0.39 is 0 Å². The van der Waals surface area contributed by atoms with Crippen LogP contribution in [0.25, 0.3) is 22.2 Å². The number of carbonyl (C=O) groups excluding carboxylic acids is 1. The molecule has 4 rings (SSSR count). The summed E-state index contributed by atoms with van der Waals surface area (Å²) in [6.07, 6.45) is 6.31. The smallest absolute Gasteiger partial charge is 0.259 e. The molecule has 3 heterocycles. The summed E-state index contributed by atoms with van der Waals surface area (Å²) in [5.41, 5.74) is 3.38.